The van der Waals surface area contributed by atoms with Gasteiger partial charge in [0.05, 0.1) is 18.4 Å². The largest absolute Gasteiger partial charge is 0.310 e. The molecule has 5 heterocycles. The van der Waals surface area contributed by atoms with Crippen molar-refractivity contribution in [3.05, 3.63) is 61.2 Å². The number of nitrogens with one attached hydrogen (secondary N) is 1. The topological polar surface area (TPSA) is 102 Å². The summed E-state index contributed by atoms with van der Waals surface area (Å²) in [5.74, 6) is 1.37. The monoisotopic (exact) mass is 428 g/mol. The molecule has 162 valence electrons. The molecule has 0 bridgehead atoms. The maximum absolute atomic E-state index is 12.8. The summed E-state index contributed by atoms with van der Waals surface area (Å²) in [4.78, 5) is 32.6. The maximum atomic E-state index is 12.8. The molecule has 4 aromatic rings. The lowest BCUT2D eigenvalue weighted by Crippen LogP contribution is -2.38. The number of rotatable bonds is 5. The van der Waals surface area contributed by atoms with E-state index in [2.05, 4.69) is 35.3 Å². The van der Waals surface area contributed by atoms with Crippen molar-refractivity contribution in [3.8, 4) is 11.3 Å². The zero-order valence-electron chi connectivity index (χ0n) is 17.8. The molecule has 9 heteroatoms. The zero-order chi connectivity index (χ0) is 21.9. The molecule has 0 spiro atoms. The maximum Gasteiger partial charge on any atom is 0.228 e. The van der Waals surface area contributed by atoms with Crippen molar-refractivity contribution in [1.82, 2.24) is 34.6 Å². The van der Waals surface area contributed by atoms with E-state index < -0.39 is 0 Å². The summed E-state index contributed by atoms with van der Waals surface area (Å²) >= 11 is 0. The van der Waals surface area contributed by atoms with Crippen LogP contribution in [0, 0.1) is 5.92 Å². The number of pyridine rings is 2. The van der Waals surface area contributed by atoms with Crippen molar-refractivity contribution in [2.24, 2.45) is 13.0 Å². The molecule has 1 amide bonds. The highest BCUT2D eigenvalue weighted by molar-refractivity contribution is 5.94. The Bertz CT molecular complexity index is 1230. The molecule has 32 heavy (non-hydrogen) atoms. The summed E-state index contributed by atoms with van der Waals surface area (Å²) in [6.45, 7) is 2.41. The molecule has 0 aromatic carbocycles. The quantitative estimate of drug-likeness (QED) is 0.521. The fourth-order valence-corrected chi connectivity index (χ4v) is 4.01. The third-order valence-electron chi connectivity index (χ3n) is 5.80. The zero-order valence-corrected chi connectivity index (χ0v) is 17.8. The van der Waals surface area contributed by atoms with Gasteiger partial charge in [0.1, 0.15) is 11.6 Å². The van der Waals surface area contributed by atoms with E-state index in [9.17, 15) is 4.79 Å². The summed E-state index contributed by atoms with van der Waals surface area (Å²) < 4.78 is 1.75. The number of nitrogens with zero attached hydrogens (tertiary/aromatic N) is 7. The number of carbonyl (C=O) groups excluding carboxylic acids is 1. The van der Waals surface area contributed by atoms with Crippen molar-refractivity contribution in [2.75, 3.05) is 18.4 Å². The second kappa shape index (κ2) is 8.80. The fraction of sp³-hybridized carbons (Fsp3) is 0.304. The minimum atomic E-state index is -0.0242. The predicted octanol–water partition coefficient (Wildman–Crippen LogP) is 2.67. The van der Waals surface area contributed by atoms with Crippen LogP contribution in [-0.4, -0.2) is 53.6 Å². The second-order valence-electron chi connectivity index (χ2n) is 8.09. The lowest BCUT2D eigenvalue weighted by Gasteiger charge is -2.30. The number of amides is 1. The minimum absolute atomic E-state index is 0.0222. The van der Waals surface area contributed by atoms with Crippen molar-refractivity contribution in [3.63, 3.8) is 0 Å². The van der Waals surface area contributed by atoms with Gasteiger partial charge in [-0.05, 0) is 49.5 Å². The molecule has 1 aliphatic rings. The third kappa shape index (κ3) is 4.47. The van der Waals surface area contributed by atoms with Crippen LogP contribution in [0.15, 0.2) is 55.4 Å². The summed E-state index contributed by atoms with van der Waals surface area (Å²) in [6.07, 6.45) is 12.4. The summed E-state index contributed by atoms with van der Waals surface area (Å²) in [5.41, 5.74) is 1.79. The Morgan fingerprint density at radius 3 is 2.56 bits per heavy atom. The van der Waals surface area contributed by atoms with E-state index in [1.165, 1.54) is 0 Å². The number of likely N-dealkylation sites (tertiary alicyclic amines) is 1. The molecule has 0 atom stereocenters. The van der Waals surface area contributed by atoms with Crippen molar-refractivity contribution in [1.29, 1.82) is 0 Å². The van der Waals surface area contributed by atoms with Crippen molar-refractivity contribution >= 4 is 22.5 Å². The Morgan fingerprint density at radius 2 is 1.81 bits per heavy atom. The molecule has 1 N–H and O–H groups in total. The van der Waals surface area contributed by atoms with Crippen LogP contribution in [0.2, 0.25) is 0 Å². The van der Waals surface area contributed by atoms with Crippen LogP contribution >= 0.6 is 0 Å². The van der Waals surface area contributed by atoms with E-state index in [4.69, 9.17) is 0 Å². The number of carbonyl (C=O) groups is 1. The van der Waals surface area contributed by atoms with Crippen LogP contribution in [0.5, 0.6) is 0 Å². The van der Waals surface area contributed by atoms with Gasteiger partial charge in [-0.25, -0.2) is 15.0 Å². The highest BCUT2D eigenvalue weighted by atomic mass is 16.1. The van der Waals surface area contributed by atoms with Crippen LogP contribution in [0.4, 0.5) is 5.82 Å². The smallest absolute Gasteiger partial charge is 0.228 e. The van der Waals surface area contributed by atoms with Crippen LogP contribution in [-0.2, 0) is 18.4 Å². The number of aromatic nitrogens is 6. The van der Waals surface area contributed by atoms with Crippen molar-refractivity contribution in [2.45, 2.75) is 19.4 Å². The molecule has 1 saturated heterocycles. The summed E-state index contributed by atoms with van der Waals surface area (Å²) in [7, 11) is 1.88. The van der Waals surface area contributed by atoms with Crippen LogP contribution in [0.25, 0.3) is 22.0 Å². The van der Waals surface area contributed by atoms with Crippen molar-refractivity contribution < 1.29 is 4.79 Å². The lowest BCUT2D eigenvalue weighted by atomic mass is 9.96. The number of anilines is 1. The third-order valence-corrected chi connectivity index (χ3v) is 5.80. The van der Waals surface area contributed by atoms with E-state index in [1.54, 1.807) is 35.7 Å². The lowest BCUT2D eigenvalue weighted by molar-refractivity contribution is -0.121. The van der Waals surface area contributed by atoms with Crippen LogP contribution in [0.3, 0.4) is 0 Å². The molecule has 0 unspecified atom stereocenters. The van der Waals surface area contributed by atoms with Gasteiger partial charge < -0.3 is 5.32 Å². The van der Waals surface area contributed by atoms with Gasteiger partial charge in [0.2, 0.25) is 5.91 Å². The Morgan fingerprint density at radius 1 is 1.03 bits per heavy atom. The molecule has 4 aromatic heterocycles. The Hall–Kier alpha value is -3.72. The van der Waals surface area contributed by atoms with Gasteiger partial charge in [-0.1, -0.05) is 0 Å². The SMILES string of the molecule is Cn1cc(-c2cc3cc(NC(=O)C4CCN(Cc5ncccn5)CC4)ncc3cn2)cn1. The normalized spacial score (nSPS) is 15.2. The highest BCUT2D eigenvalue weighted by Gasteiger charge is 2.25. The van der Waals surface area contributed by atoms with Gasteiger partial charge >= 0.3 is 0 Å². The summed E-state index contributed by atoms with van der Waals surface area (Å²) in [5, 5.41) is 9.11. The molecular weight excluding hydrogens is 404 g/mol. The Labute approximate surface area is 185 Å². The van der Waals surface area contributed by atoms with Gasteiger partial charge in [0.25, 0.3) is 0 Å². The predicted molar refractivity (Wildman–Crippen MR) is 120 cm³/mol. The highest BCUT2D eigenvalue weighted by Crippen LogP contribution is 2.24. The molecule has 1 fully saturated rings. The van der Waals surface area contributed by atoms with Crippen LogP contribution in [0.1, 0.15) is 18.7 Å². The van der Waals surface area contributed by atoms with E-state index in [0.29, 0.717) is 12.4 Å². The molecule has 1 aliphatic heterocycles. The standard InChI is InChI=1S/C23H24N8O/c1-30-14-19(13-28-30)20-9-17-10-21(27-12-18(17)11-26-20)29-23(32)16-3-7-31(8-4-16)15-22-24-5-2-6-25-22/h2,5-6,9-14,16H,3-4,7-8,15H2,1H3,(H,27,29,32). The number of hydrogen-bond acceptors (Lipinski definition) is 7. The Kier molecular flexibility index (Phi) is 5.55. The van der Waals surface area contributed by atoms with Gasteiger partial charge in [-0.3, -0.25) is 19.4 Å². The number of piperidine rings is 1. The molecule has 0 radical (unpaired) electrons. The van der Waals surface area contributed by atoms with E-state index in [1.807, 2.05) is 31.4 Å². The first-order valence-electron chi connectivity index (χ1n) is 10.7. The first-order valence-corrected chi connectivity index (χ1v) is 10.7. The van der Waals surface area contributed by atoms with E-state index in [-0.39, 0.29) is 11.8 Å². The Balaban J connectivity index is 1.22. The molecule has 9 nitrogen and oxygen atoms in total. The number of hydrogen-bond donors (Lipinski definition) is 1. The molecular formula is C23H24N8O. The molecule has 5 rings (SSSR count). The fourth-order valence-electron chi connectivity index (χ4n) is 4.01. The van der Waals surface area contributed by atoms with Crippen LogP contribution < -0.4 is 5.32 Å². The van der Waals surface area contributed by atoms with Gasteiger partial charge in [-0.15, -0.1) is 0 Å². The molecule has 0 aliphatic carbocycles. The minimum Gasteiger partial charge on any atom is -0.310 e. The summed E-state index contributed by atoms with van der Waals surface area (Å²) in [6, 6.07) is 5.71. The van der Waals surface area contributed by atoms with E-state index >= 15 is 0 Å². The van der Waals surface area contributed by atoms with Gasteiger partial charge in [0.15, 0.2) is 0 Å². The average molecular weight is 429 g/mol. The number of aryl methyl sites for hydroxylation is 1. The number of fused-ring (bicyclic) bond motifs is 1. The van der Waals surface area contributed by atoms with Gasteiger partial charge in [0, 0.05) is 54.9 Å². The second-order valence-corrected chi connectivity index (χ2v) is 8.09. The van der Waals surface area contributed by atoms with Gasteiger partial charge in [-0.2, -0.15) is 5.10 Å². The first kappa shape index (κ1) is 20.2. The molecule has 0 saturated carbocycles. The first-order chi connectivity index (χ1) is 15.6. The van der Waals surface area contributed by atoms with E-state index in [0.717, 1.165) is 53.8 Å². The average Bonchev–Trinajstić information content (AvgIpc) is 3.26.